The molecule has 4 heteroatoms. The van der Waals surface area contributed by atoms with Gasteiger partial charge in [0, 0.05) is 12.0 Å². The molecule has 2 aromatic rings. The van der Waals surface area contributed by atoms with Crippen molar-refractivity contribution in [3.05, 3.63) is 47.1 Å². The van der Waals surface area contributed by atoms with E-state index in [9.17, 15) is 0 Å². The van der Waals surface area contributed by atoms with Gasteiger partial charge in [-0.15, -0.1) is 0 Å². The maximum Gasteiger partial charge on any atom is 0.228 e. The molecule has 0 fully saturated rings. The van der Waals surface area contributed by atoms with Gasteiger partial charge in [-0.1, -0.05) is 29.4 Å². The van der Waals surface area contributed by atoms with E-state index >= 15 is 0 Å². The molecule has 1 aliphatic carbocycles. The summed E-state index contributed by atoms with van der Waals surface area (Å²) >= 11 is 0. The number of nitrogens with zero attached hydrogens (tertiary/aromatic N) is 2. The second-order valence-electron chi connectivity index (χ2n) is 5.67. The van der Waals surface area contributed by atoms with E-state index in [1.807, 2.05) is 13.8 Å². The molecule has 2 N–H and O–H groups in total. The van der Waals surface area contributed by atoms with Crippen LogP contribution in [0, 0.1) is 0 Å². The molecule has 1 aliphatic rings. The lowest BCUT2D eigenvalue weighted by Crippen LogP contribution is -2.34. The summed E-state index contributed by atoms with van der Waals surface area (Å²) in [7, 11) is 0. The van der Waals surface area contributed by atoms with Gasteiger partial charge in [0.15, 0.2) is 5.82 Å². The molecule has 4 nitrogen and oxygen atoms in total. The van der Waals surface area contributed by atoms with E-state index in [0.29, 0.717) is 18.2 Å². The summed E-state index contributed by atoms with van der Waals surface area (Å²) in [5.74, 6) is 1.70. The molecule has 0 saturated carbocycles. The molecule has 0 aliphatic heterocycles. The highest BCUT2D eigenvalue weighted by Gasteiger charge is 2.31. The van der Waals surface area contributed by atoms with Crippen molar-refractivity contribution in [2.75, 3.05) is 0 Å². The van der Waals surface area contributed by atoms with Crippen molar-refractivity contribution in [3.8, 4) is 0 Å². The van der Waals surface area contributed by atoms with E-state index in [1.54, 1.807) is 0 Å². The van der Waals surface area contributed by atoms with Gasteiger partial charge >= 0.3 is 0 Å². The van der Waals surface area contributed by atoms with Crippen LogP contribution in [0.1, 0.15) is 42.6 Å². The summed E-state index contributed by atoms with van der Waals surface area (Å²) < 4.78 is 5.27. The average molecular weight is 243 g/mol. The zero-order chi connectivity index (χ0) is 12.8. The van der Waals surface area contributed by atoms with Crippen LogP contribution in [0.25, 0.3) is 0 Å². The van der Waals surface area contributed by atoms with Crippen molar-refractivity contribution >= 4 is 0 Å². The van der Waals surface area contributed by atoms with Crippen LogP contribution >= 0.6 is 0 Å². The summed E-state index contributed by atoms with van der Waals surface area (Å²) in [5.41, 5.74) is 8.33. The maximum atomic E-state index is 5.95. The van der Waals surface area contributed by atoms with Gasteiger partial charge in [-0.05, 0) is 31.4 Å². The molecule has 0 radical (unpaired) electrons. The lowest BCUT2D eigenvalue weighted by atomic mass is 9.77. The zero-order valence-electron chi connectivity index (χ0n) is 10.7. The second kappa shape index (κ2) is 3.92. The third kappa shape index (κ3) is 2.04. The predicted octanol–water partition coefficient (Wildman–Crippen LogP) is 2.04. The fourth-order valence-electron chi connectivity index (χ4n) is 2.36. The van der Waals surface area contributed by atoms with Crippen molar-refractivity contribution < 1.29 is 4.52 Å². The Bertz CT molecular complexity index is 568. The number of hydrogen-bond donors (Lipinski definition) is 1. The average Bonchev–Trinajstić information content (AvgIpc) is 2.65. The van der Waals surface area contributed by atoms with E-state index < -0.39 is 0 Å². The Morgan fingerprint density at radius 3 is 2.89 bits per heavy atom. The van der Waals surface area contributed by atoms with Gasteiger partial charge < -0.3 is 10.3 Å². The van der Waals surface area contributed by atoms with Gasteiger partial charge in [0.25, 0.3) is 0 Å². The molecule has 1 aromatic carbocycles. The Balaban J connectivity index is 1.80. The van der Waals surface area contributed by atoms with Gasteiger partial charge in [0.1, 0.15) is 0 Å². The molecular weight excluding hydrogens is 226 g/mol. The Morgan fingerprint density at radius 1 is 1.39 bits per heavy atom. The minimum Gasteiger partial charge on any atom is -0.339 e. The molecular formula is C14H17N3O. The third-order valence-electron chi connectivity index (χ3n) is 3.26. The van der Waals surface area contributed by atoms with Crippen LogP contribution < -0.4 is 5.73 Å². The van der Waals surface area contributed by atoms with E-state index in [4.69, 9.17) is 10.3 Å². The lowest BCUT2D eigenvalue weighted by molar-refractivity contribution is 0.343. The molecule has 3 rings (SSSR count). The quantitative estimate of drug-likeness (QED) is 0.896. The number of benzene rings is 1. The molecule has 1 unspecified atom stereocenters. The molecule has 0 saturated heterocycles. The van der Waals surface area contributed by atoms with Crippen molar-refractivity contribution in [1.29, 1.82) is 0 Å². The number of aromatic nitrogens is 2. The maximum absolute atomic E-state index is 5.95. The van der Waals surface area contributed by atoms with Gasteiger partial charge in [-0.25, -0.2) is 0 Å². The Hall–Kier alpha value is -1.68. The Labute approximate surface area is 106 Å². The highest BCUT2D eigenvalue weighted by atomic mass is 16.5. The zero-order valence-corrected chi connectivity index (χ0v) is 10.7. The standard InChI is InChI=1S/C14H17N3O/c1-14(2,15)8-12-16-13(17-18-12)11-7-9-5-3-4-6-10(9)11/h3-6,11H,7-8,15H2,1-2H3. The van der Waals surface area contributed by atoms with Gasteiger partial charge in [0.2, 0.25) is 5.89 Å². The van der Waals surface area contributed by atoms with E-state index in [-0.39, 0.29) is 5.54 Å². The second-order valence-corrected chi connectivity index (χ2v) is 5.67. The number of hydrogen-bond acceptors (Lipinski definition) is 4. The highest BCUT2D eigenvalue weighted by molar-refractivity contribution is 5.43. The molecule has 0 amide bonds. The van der Waals surface area contributed by atoms with Crippen LogP contribution in [0.2, 0.25) is 0 Å². The van der Waals surface area contributed by atoms with Crippen LogP contribution in [-0.4, -0.2) is 15.7 Å². The first-order valence-electron chi connectivity index (χ1n) is 6.22. The monoisotopic (exact) mass is 243 g/mol. The highest BCUT2D eigenvalue weighted by Crippen LogP contribution is 2.38. The summed E-state index contributed by atoms with van der Waals surface area (Å²) in [4.78, 5) is 4.46. The third-order valence-corrected chi connectivity index (χ3v) is 3.26. The molecule has 0 spiro atoms. The number of rotatable bonds is 3. The molecule has 1 atom stereocenters. The smallest absolute Gasteiger partial charge is 0.228 e. The van der Waals surface area contributed by atoms with Crippen LogP contribution in [0.4, 0.5) is 0 Å². The molecule has 1 aromatic heterocycles. The van der Waals surface area contributed by atoms with Crippen molar-refractivity contribution in [2.45, 2.75) is 38.1 Å². The van der Waals surface area contributed by atoms with Crippen molar-refractivity contribution in [3.63, 3.8) is 0 Å². The fourth-order valence-corrected chi connectivity index (χ4v) is 2.36. The van der Waals surface area contributed by atoms with Crippen molar-refractivity contribution in [1.82, 2.24) is 10.1 Å². The SMILES string of the molecule is CC(C)(N)Cc1nc(C2Cc3ccccc32)no1. The normalized spacial score (nSPS) is 18.3. The number of nitrogens with two attached hydrogens (primary N) is 1. The summed E-state index contributed by atoms with van der Waals surface area (Å²) in [6, 6.07) is 8.39. The minimum atomic E-state index is -0.318. The molecule has 94 valence electrons. The van der Waals surface area contributed by atoms with Gasteiger partial charge in [-0.2, -0.15) is 4.98 Å². The molecule has 18 heavy (non-hydrogen) atoms. The summed E-state index contributed by atoms with van der Waals surface area (Å²) in [6.45, 7) is 3.91. The van der Waals surface area contributed by atoms with Crippen molar-refractivity contribution in [2.24, 2.45) is 5.73 Å². The molecule has 1 heterocycles. The van der Waals surface area contributed by atoms with Gasteiger partial charge in [-0.3, -0.25) is 0 Å². The fraction of sp³-hybridized carbons (Fsp3) is 0.429. The van der Waals surface area contributed by atoms with Crippen LogP contribution in [0.3, 0.4) is 0 Å². The Kier molecular flexibility index (Phi) is 2.48. The minimum absolute atomic E-state index is 0.291. The first-order valence-corrected chi connectivity index (χ1v) is 6.22. The first kappa shape index (κ1) is 11.4. The number of fused-ring (bicyclic) bond motifs is 1. The largest absolute Gasteiger partial charge is 0.339 e. The summed E-state index contributed by atoms with van der Waals surface area (Å²) in [6.07, 6.45) is 1.61. The van der Waals surface area contributed by atoms with E-state index in [0.717, 1.165) is 12.2 Å². The Morgan fingerprint density at radius 2 is 2.17 bits per heavy atom. The lowest BCUT2D eigenvalue weighted by Gasteiger charge is -2.27. The molecule has 0 bridgehead atoms. The van der Waals surface area contributed by atoms with E-state index in [2.05, 4.69) is 34.4 Å². The van der Waals surface area contributed by atoms with Crippen LogP contribution in [-0.2, 0) is 12.8 Å². The van der Waals surface area contributed by atoms with Crippen LogP contribution in [0.15, 0.2) is 28.8 Å². The van der Waals surface area contributed by atoms with E-state index in [1.165, 1.54) is 11.1 Å². The predicted molar refractivity (Wildman–Crippen MR) is 68.3 cm³/mol. The summed E-state index contributed by atoms with van der Waals surface area (Å²) in [5, 5.41) is 4.08. The topological polar surface area (TPSA) is 64.9 Å². The van der Waals surface area contributed by atoms with Gasteiger partial charge in [0.05, 0.1) is 5.92 Å². The van der Waals surface area contributed by atoms with Crippen LogP contribution in [0.5, 0.6) is 0 Å². The first-order chi connectivity index (χ1) is 8.53.